The van der Waals surface area contributed by atoms with Crippen molar-refractivity contribution < 1.29 is 9.53 Å². The van der Waals surface area contributed by atoms with Crippen LogP contribution in [0.5, 0.6) is 0 Å². The van der Waals surface area contributed by atoms with Crippen LogP contribution in [0.1, 0.15) is 37.7 Å². The number of amides is 1. The molecular weight excluding hydrogens is 312 g/mol. The summed E-state index contributed by atoms with van der Waals surface area (Å²) < 4.78 is 6.09. The van der Waals surface area contributed by atoms with Crippen LogP contribution in [-0.4, -0.2) is 29.6 Å². The number of fused-ring (bicyclic) bond motifs is 3. The second-order valence-corrected chi connectivity index (χ2v) is 8.01. The van der Waals surface area contributed by atoms with Crippen LogP contribution in [0.3, 0.4) is 0 Å². The van der Waals surface area contributed by atoms with Crippen molar-refractivity contribution in [2.45, 2.75) is 44.1 Å². The number of benzene rings is 1. The third kappa shape index (κ3) is 2.30. The number of pyridine rings is 1. The van der Waals surface area contributed by atoms with Gasteiger partial charge in [-0.15, -0.1) is 0 Å². The molecule has 0 unspecified atom stereocenters. The van der Waals surface area contributed by atoms with Crippen LogP contribution in [-0.2, 0) is 16.0 Å². The van der Waals surface area contributed by atoms with E-state index in [-0.39, 0.29) is 16.9 Å². The summed E-state index contributed by atoms with van der Waals surface area (Å²) in [7, 11) is 0. The van der Waals surface area contributed by atoms with Crippen LogP contribution in [0.15, 0.2) is 36.7 Å². The van der Waals surface area contributed by atoms with Gasteiger partial charge in [0.15, 0.2) is 0 Å². The average molecular weight is 336 g/mol. The Labute approximate surface area is 148 Å². The maximum Gasteiger partial charge on any atom is 0.220 e. The van der Waals surface area contributed by atoms with Gasteiger partial charge in [0, 0.05) is 36.2 Å². The van der Waals surface area contributed by atoms with Crippen molar-refractivity contribution in [2.24, 2.45) is 11.3 Å². The standard InChI is InChI=1S/C21H24N2O2/c24-19(7-6-16-12-22-11-15-4-1-2-5-18(15)16)23-14-20-10-17(20)13-25-21(20)8-3-9-21/h1-2,4-5,11-12,17H,3,6-10,13-14H2,(H,23,24)/t17-,20+/m0/s1. The van der Waals surface area contributed by atoms with Crippen molar-refractivity contribution >= 4 is 16.7 Å². The van der Waals surface area contributed by atoms with Gasteiger partial charge in [-0.3, -0.25) is 9.78 Å². The van der Waals surface area contributed by atoms with Gasteiger partial charge in [-0.05, 0) is 49.0 Å². The zero-order chi connectivity index (χ0) is 16.9. The highest BCUT2D eigenvalue weighted by molar-refractivity contribution is 5.85. The first-order valence-electron chi connectivity index (χ1n) is 9.45. The highest BCUT2D eigenvalue weighted by Gasteiger charge is 2.73. The number of hydrogen-bond acceptors (Lipinski definition) is 3. The van der Waals surface area contributed by atoms with E-state index in [9.17, 15) is 4.79 Å². The summed E-state index contributed by atoms with van der Waals surface area (Å²) in [5.74, 6) is 0.824. The minimum absolute atomic E-state index is 0.102. The van der Waals surface area contributed by atoms with Crippen LogP contribution in [0.4, 0.5) is 0 Å². The molecule has 3 aliphatic rings. The minimum Gasteiger partial charge on any atom is -0.374 e. The number of carbonyl (C=O) groups excluding carboxylic acids is 1. The molecule has 1 N–H and O–H groups in total. The predicted octanol–water partition coefficient (Wildman–Crippen LogP) is 3.24. The molecule has 1 spiro atoms. The molecule has 1 aliphatic heterocycles. The van der Waals surface area contributed by atoms with E-state index in [0.717, 1.165) is 30.5 Å². The molecule has 2 aromatic rings. The molecule has 5 rings (SSSR count). The highest BCUT2D eigenvalue weighted by Crippen LogP contribution is 2.70. The molecule has 2 heterocycles. The van der Waals surface area contributed by atoms with E-state index in [2.05, 4.69) is 22.4 Å². The average Bonchev–Trinajstić information content (AvgIpc) is 3.23. The number of ether oxygens (including phenoxy) is 1. The Bertz CT molecular complexity index is 824. The number of carbonyl (C=O) groups is 1. The third-order valence-corrected chi connectivity index (χ3v) is 6.83. The summed E-state index contributed by atoms with van der Waals surface area (Å²) in [5.41, 5.74) is 1.50. The number of rotatable bonds is 5. The molecular formula is C21H24N2O2. The van der Waals surface area contributed by atoms with E-state index >= 15 is 0 Å². The first-order chi connectivity index (χ1) is 12.2. The van der Waals surface area contributed by atoms with Crippen molar-refractivity contribution in [3.8, 4) is 0 Å². The topological polar surface area (TPSA) is 51.2 Å². The molecule has 0 bridgehead atoms. The first kappa shape index (κ1) is 15.3. The van der Waals surface area contributed by atoms with Crippen LogP contribution < -0.4 is 5.32 Å². The Morgan fingerprint density at radius 1 is 1.28 bits per heavy atom. The fraction of sp³-hybridized carbons (Fsp3) is 0.524. The molecule has 1 saturated heterocycles. The van der Waals surface area contributed by atoms with Crippen molar-refractivity contribution in [2.75, 3.05) is 13.2 Å². The lowest BCUT2D eigenvalue weighted by Gasteiger charge is -2.45. The number of aryl methyl sites for hydroxylation is 1. The summed E-state index contributed by atoms with van der Waals surface area (Å²) in [6.07, 6.45) is 9.89. The summed E-state index contributed by atoms with van der Waals surface area (Å²) in [6, 6.07) is 8.23. The van der Waals surface area contributed by atoms with Gasteiger partial charge < -0.3 is 10.1 Å². The maximum absolute atomic E-state index is 12.4. The minimum atomic E-state index is 0.102. The predicted molar refractivity (Wildman–Crippen MR) is 96.1 cm³/mol. The van der Waals surface area contributed by atoms with Crippen molar-refractivity contribution in [3.63, 3.8) is 0 Å². The van der Waals surface area contributed by atoms with Crippen LogP contribution in [0, 0.1) is 11.3 Å². The molecule has 4 nitrogen and oxygen atoms in total. The molecule has 1 amide bonds. The maximum atomic E-state index is 12.4. The lowest BCUT2D eigenvalue weighted by molar-refractivity contribution is -0.125. The molecule has 1 aromatic carbocycles. The van der Waals surface area contributed by atoms with Crippen LogP contribution in [0.2, 0.25) is 0 Å². The van der Waals surface area contributed by atoms with Crippen LogP contribution >= 0.6 is 0 Å². The molecule has 1 aromatic heterocycles. The number of aromatic nitrogens is 1. The Morgan fingerprint density at radius 3 is 2.96 bits per heavy atom. The van der Waals surface area contributed by atoms with E-state index < -0.39 is 0 Å². The number of hydrogen-bond donors (Lipinski definition) is 1. The number of nitrogens with one attached hydrogen (secondary N) is 1. The molecule has 25 heavy (non-hydrogen) atoms. The van der Waals surface area contributed by atoms with E-state index in [1.54, 1.807) is 0 Å². The van der Waals surface area contributed by atoms with Gasteiger partial charge in [0.05, 0.1) is 12.2 Å². The monoisotopic (exact) mass is 336 g/mol. The second-order valence-electron chi connectivity index (χ2n) is 8.01. The summed E-state index contributed by atoms with van der Waals surface area (Å²) in [6.45, 7) is 1.70. The van der Waals surface area contributed by atoms with Crippen molar-refractivity contribution in [1.82, 2.24) is 10.3 Å². The molecule has 130 valence electrons. The molecule has 2 atom stereocenters. The Hall–Kier alpha value is -1.94. The summed E-state index contributed by atoms with van der Waals surface area (Å²) in [4.78, 5) is 16.7. The van der Waals surface area contributed by atoms with Gasteiger partial charge in [0.25, 0.3) is 0 Å². The van der Waals surface area contributed by atoms with Gasteiger partial charge >= 0.3 is 0 Å². The third-order valence-electron chi connectivity index (χ3n) is 6.83. The van der Waals surface area contributed by atoms with Crippen molar-refractivity contribution in [1.29, 1.82) is 0 Å². The molecule has 4 heteroatoms. The Morgan fingerprint density at radius 2 is 2.16 bits per heavy atom. The fourth-order valence-electron chi connectivity index (χ4n) is 5.05. The normalized spacial score (nSPS) is 28.6. The van der Waals surface area contributed by atoms with E-state index in [0.29, 0.717) is 12.3 Å². The van der Waals surface area contributed by atoms with Gasteiger partial charge in [-0.1, -0.05) is 24.3 Å². The first-order valence-corrected chi connectivity index (χ1v) is 9.45. The van der Waals surface area contributed by atoms with E-state index in [4.69, 9.17) is 4.74 Å². The van der Waals surface area contributed by atoms with Gasteiger partial charge in [0.2, 0.25) is 5.91 Å². The van der Waals surface area contributed by atoms with Gasteiger partial charge in [0.1, 0.15) is 0 Å². The van der Waals surface area contributed by atoms with E-state index in [1.165, 1.54) is 31.1 Å². The molecule has 0 radical (unpaired) electrons. The second kappa shape index (κ2) is 5.53. The lowest BCUT2D eigenvalue weighted by Crippen LogP contribution is -2.50. The zero-order valence-corrected chi connectivity index (χ0v) is 14.5. The molecule has 2 saturated carbocycles. The largest absolute Gasteiger partial charge is 0.374 e. The lowest BCUT2D eigenvalue weighted by atomic mass is 9.68. The molecule has 2 aliphatic carbocycles. The Balaban J connectivity index is 1.20. The molecule has 3 fully saturated rings. The van der Waals surface area contributed by atoms with Crippen molar-refractivity contribution in [3.05, 3.63) is 42.2 Å². The Kier molecular flexibility index (Phi) is 3.39. The van der Waals surface area contributed by atoms with Crippen LogP contribution in [0.25, 0.3) is 10.8 Å². The highest BCUT2D eigenvalue weighted by atomic mass is 16.5. The van der Waals surface area contributed by atoms with Gasteiger partial charge in [-0.2, -0.15) is 0 Å². The zero-order valence-electron chi connectivity index (χ0n) is 14.5. The fourth-order valence-corrected chi connectivity index (χ4v) is 5.05. The van der Waals surface area contributed by atoms with E-state index in [1.807, 2.05) is 24.5 Å². The number of nitrogens with zero attached hydrogens (tertiary/aromatic N) is 1. The van der Waals surface area contributed by atoms with Gasteiger partial charge in [-0.25, -0.2) is 0 Å². The summed E-state index contributed by atoms with van der Waals surface area (Å²) >= 11 is 0. The quantitative estimate of drug-likeness (QED) is 0.912. The smallest absolute Gasteiger partial charge is 0.220 e. The summed E-state index contributed by atoms with van der Waals surface area (Å²) in [5, 5.41) is 5.54. The SMILES string of the molecule is O=C(CCc1cncc2ccccc12)NC[C@]12C[C@H]1COC21CCC1.